The lowest BCUT2D eigenvalue weighted by Gasteiger charge is -2.34. The van der Waals surface area contributed by atoms with Gasteiger partial charge in [0, 0.05) is 24.6 Å². The molecule has 2 nitrogen and oxygen atoms in total. The van der Waals surface area contributed by atoms with Gasteiger partial charge in [0.2, 0.25) is 0 Å². The van der Waals surface area contributed by atoms with E-state index in [9.17, 15) is 0 Å². The van der Waals surface area contributed by atoms with Crippen LogP contribution in [-0.4, -0.2) is 25.8 Å². The van der Waals surface area contributed by atoms with Gasteiger partial charge in [-0.2, -0.15) is 0 Å². The average molecular weight is 201 g/mol. The van der Waals surface area contributed by atoms with Crippen LogP contribution in [0.4, 0.5) is 0 Å². The normalized spacial score (nSPS) is 13.3. The van der Waals surface area contributed by atoms with Crippen molar-refractivity contribution in [3.63, 3.8) is 0 Å². The molecule has 0 amide bonds. The average Bonchev–Trinajstić information content (AvgIpc) is 2.11. The summed E-state index contributed by atoms with van der Waals surface area (Å²) in [5, 5.41) is 3.57. The molecule has 0 saturated carbocycles. The van der Waals surface area contributed by atoms with Crippen molar-refractivity contribution >= 4 is 0 Å². The van der Waals surface area contributed by atoms with E-state index in [0.717, 1.165) is 13.2 Å². The molecule has 0 atom stereocenters. The van der Waals surface area contributed by atoms with E-state index in [1.54, 1.807) is 7.11 Å². The van der Waals surface area contributed by atoms with Crippen LogP contribution in [0.1, 0.15) is 47.5 Å². The van der Waals surface area contributed by atoms with Crippen molar-refractivity contribution in [2.75, 3.05) is 20.3 Å². The second-order valence-electron chi connectivity index (χ2n) is 5.24. The second-order valence-corrected chi connectivity index (χ2v) is 5.24. The molecule has 0 aliphatic heterocycles. The molecule has 0 heterocycles. The van der Waals surface area contributed by atoms with Crippen LogP contribution in [0, 0.1) is 5.41 Å². The maximum atomic E-state index is 5.31. The number of hydrogen-bond donors (Lipinski definition) is 1. The smallest absolute Gasteiger partial charge is 0.0530 e. The quantitative estimate of drug-likeness (QED) is 0.713. The van der Waals surface area contributed by atoms with Crippen LogP contribution in [0.15, 0.2) is 0 Å². The molecule has 0 saturated heterocycles. The summed E-state index contributed by atoms with van der Waals surface area (Å²) >= 11 is 0. The minimum Gasteiger partial charge on any atom is -0.384 e. The van der Waals surface area contributed by atoms with Gasteiger partial charge in [0.1, 0.15) is 0 Å². The Bertz CT molecular complexity index is 145. The third-order valence-electron chi connectivity index (χ3n) is 2.94. The predicted octanol–water partition coefficient (Wildman–Crippen LogP) is 2.83. The first-order valence-electron chi connectivity index (χ1n) is 5.63. The van der Waals surface area contributed by atoms with E-state index < -0.39 is 0 Å². The van der Waals surface area contributed by atoms with Gasteiger partial charge in [0.25, 0.3) is 0 Å². The van der Waals surface area contributed by atoms with Crippen LogP contribution in [-0.2, 0) is 4.74 Å². The Labute approximate surface area is 89.4 Å². The van der Waals surface area contributed by atoms with E-state index in [4.69, 9.17) is 4.74 Å². The number of methoxy groups -OCH3 is 1. The highest BCUT2D eigenvalue weighted by Crippen LogP contribution is 2.26. The lowest BCUT2D eigenvalue weighted by molar-refractivity contribution is 0.0666. The van der Waals surface area contributed by atoms with Crippen molar-refractivity contribution in [2.45, 2.75) is 53.0 Å². The van der Waals surface area contributed by atoms with Gasteiger partial charge in [0.05, 0.1) is 6.61 Å². The molecule has 0 aliphatic rings. The summed E-state index contributed by atoms with van der Waals surface area (Å²) < 4.78 is 5.31. The van der Waals surface area contributed by atoms with Crippen LogP contribution in [0.25, 0.3) is 0 Å². The molecule has 0 spiro atoms. The van der Waals surface area contributed by atoms with Crippen molar-refractivity contribution in [3.8, 4) is 0 Å². The molecule has 86 valence electrons. The summed E-state index contributed by atoms with van der Waals surface area (Å²) in [5.41, 5.74) is 0.505. The Kier molecular flexibility index (Phi) is 5.68. The molecule has 0 unspecified atom stereocenters. The molecule has 0 aromatic heterocycles. The Hall–Kier alpha value is -0.0800. The standard InChI is InChI=1S/C12H27NO/c1-7-12(8-2,10-14-6)9-13-11(3,4)5/h13H,7-10H2,1-6H3. The topological polar surface area (TPSA) is 21.3 Å². The maximum Gasteiger partial charge on any atom is 0.0530 e. The Balaban J connectivity index is 4.21. The van der Waals surface area contributed by atoms with Gasteiger partial charge in [-0.1, -0.05) is 13.8 Å². The summed E-state index contributed by atoms with van der Waals surface area (Å²) in [4.78, 5) is 0. The summed E-state index contributed by atoms with van der Waals surface area (Å²) in [6, 6.07) is 0. The van der Waals surface area contributed by atoms with Gasteiger partial charge in [-0.15, -0.1) is 0 Å². The molecule has 0 aromatic rings. The molecule has 1 N–H and O–H groups in total. The van der Waals surface area contributed by atoms with Crippen LogP contribution < -0.4 is 5.32 Å². The number of nitrogens with one attached hydrogen (secondary N) is 1. The fourth-order valence-electron chi connectivity index (χ4n) is 1.51. The van der Waals surface area contributed by atoms with Gasteiger partial charge in [-0.05, 0) is 33.6 Å². The number of ether oxygens (including phenoxy) is 1. The monoisotopic (exact) mass is 201 g/mol. The molecule has 0 aromatic carbocycles. The zero-order valence-electron chi connectivity index (χ0n) is 10.7. The van der Waals surface area contributed by atoms with Gasteiger partial charge < -0.3 is 10.1 Å². The highest BCUT2D eigenvalue weighted by molar-refractivity contribution is 4.82. The first kappa shape index (κ1) is 13.9. The SMILES string of the molecule is CCC(CC)(CNC(C)(C)C)COC. The molecule has 0 radical (unpaired) electrons. The van der Waals surface area contributed by atoms with Crippen molar-refractivity contribution in [1.82, 2.24) is 5.32 Å². The minimum atomic E-state index is 0.198. The zero-order chi connectivity index (χ0) is 11.2. The van der Waals surface area contributed by atoms with E-state index in [-0.39, 0.29) is 5.54 Å². The molecular formula is C12H27NO. The van der Waals surface area contributed by atoms with E-state index in [1.165, 1.54) is 12.8 Å². The Morgan fingerprint density at radius 1 is 1.07 bits per heavy atom. The lowest BCUT2D eigenvalue weighted by Crippen LogP contribution is -2.45. The zero-order valence-corrected chi connectivity index (χ0v) is 10.7. The maximum absolute atomic E-state index is 5.31. The Morgan fingerprint density at radius 2 is 1.57 bits per heavy atom. The summed E-state index contributed by atoms with van der Waals surface area (Å²) in [7, 11) is 1.79. The molecule has 0 aliphatic carbocycles. The van der Waals surface area contributed by atoms with Crippen LogP contribution in [0.3, 0.4) is 0 Å². The molecule has 14 heavy (non-hydrogen) atoms. The van der Waals surface area contributed by atoms with Gasteiger partial charge in [-0.3, -0.25) is 0 Å². The third kappa shape index (κ3) is 4.97. The third-order valence-corrected chi connectivity index (χ3v) is 2.94. The van der Waals surface area contributed by atoms with Crippen molar-refractivity contribution in [2.24, 2.45) is 5.41 Å². The molecular weight excluding hydrogens is 174 g/mol. The van der Waals surface area contributed by atoms with E-state index in [1.807, 2.05) is 0 Å². The first-order chi connectivity index (χ1) is 6.39. The highest BCUT2D eigenvalue weighted by atomic mass is 16.5. The number of rotatable bonds is 6. The summed E-state index contributed by atoms with van der Waals surface area (Å²) in [6.07, 6.45) is 2.33. The van der Waals surface area contributed by atoms with Crippen LogP contribution in [0.2, 0.25) is 0 Å². The minimum absolute atomic E-state index is 0.198. The lowest BCUT2D eigenvalue weighted by atomic mass is 9.82. The number of hydrogen-bond acceptors (Lipinski definition) is 2. The first-order valence-corrected chi connectivity index (χ1v) is 5.63. The second kappa shape index (κ2) is 5.72. The largest absolute Gasteiger partial charge is 0.384 e. The summed E-state index contributed by atoms with van der Waals surface area (Å²) in [5.74, 6) is 0. The van der Waals surface area contributed by atoms with Gasteiger partial charge >= 0.3 is 0 Å². The molecule has 2 heteroatoms. The van der Waals surface area contributed by atoms with E-state index in [2.05, 4.69) is 39.9 Å². The molecule has 0 rings (SSSR count). The predicted molar refractivity (Wildman–Crippen MR) is 62.6 cm³/mol. The van der Waals surface area contributed by atoms with E-state index in [0.29, 0.717) is 5.41 Å². The molecule has 0 fully saturated rings. The van der Waals surface area contributed by atoms with Crippen molar-refractivity contribution in [1.29, 1.82) is 0 Å². The van der Waals surface area contributed by atoms with Gasteiger partial charge in [0.15, 0.2) is 0 Å². The molecule has 0 bridgehead atoms. The van der Waals surface area contributed by atoms with Crippen molar-refractivity contribution < 1.29 is 4.74 Å². The van der Waals surface area contributed by atoms with E-state index >= 15 is 0 Å². The van der Waals surface area contributed by atoms with Crippen LogP contribution >= 0.6 is 0 Å². The Morgan fingerprint density at radius 3 is 1.86 bits per heavy atom. The van der Waals surface area contributed by atoms with Crippen LogP contribution in [0.5, 0.6) is 0 Å². The fourth-order valence-corrected chi connectivity index (χ4v) is 1.51. The fraction of sp³-hybridized carbons (Fsp3) is 1.00. The summed E-state index contributed by atoms with van der Waals surface area (Å²) in [6.45, 7) is 13.0. The highest BCUT2D eigenvalue weighted by Gasteiger charge is 2.27. The van der Waals surface area contributed by atoms with Crippen molar-refractivity contribution in [3.05, 3.63) is 0 Å². The van der Waals surface area contributed by atoms with Gasteiger partial charge in [-0.25, -0.2) is 0 Å².